The van der Waals surface area contributed by atoms with Crippen LogP contribution in [-0.2, 0) is 0 Å². The fraction of sp³-hybridized carbons (Fsp3) is 0. The Labute approximate surface area is 75.0 Å². The van der Waals surface area contributed by atoms with Crippen molar-refractivity contribution in [2.45, 2.75) is 0 Å². The van der Waals surface area contributed by atoms with Crippen molar-refractivity contribution in [3.05, 3.63) is 33.8 Å². The van der Waals surface area contributed by atoms with E-state index in [1.807, 2.05) is 0 Å². The number of carboxylic acids is 1. The van der Waals surface area contributed by atoms with Crippen LogP contribution in [0.3, 0.4) is 0 Å². The zero-order chi connectivity index (χ0) is 9.30. The molecule has 1 rings (SSSR count). The molecule has 0 aliphatic rings. The summed E-state index contributed by atoms with van der Waals surface area (Å²) in [7, 11) is 0. The molecular formula is C7H2BrF2O2-. The average molecular weight is 236 g/mol. The van der Waals surface area contributed by atoms with Gasteiger partial charge < -0.3 is 9.90 Å². The van der Waals surface area contributed by atoms with Gasteiger partial charge in [-0.1, -0.05) is 0 Å². The van der Waals surface area contributed by atoms with E-state index in [0.717, 1.165) is 12.1 Å². The minimum atomic E-state index is -1.55. The van der Waals surface area contributed by atoms with Crippen LogP contribution < -0.4 is 5.11 Å². The molecule has 0 aliphatic carbocycles. The van der Waals surface area contributed by atoms with Crippen LogP contribution in [0.15, 0.2) is 16.6 Å². The van der Waals surface area contributed by atoms with Crippen molar-refractivity contribution < 1.29 is 18.7 Å². The summed E-state index contributed by atoms with van der Waals surface area (Å²) in [5.41, 5.74) is -0.408. The molecule has 0 aromatic heterocycles. The van der Waals surface area contributed by atoms with E-state index >= 15 is 0 Å². The van der Waals surface area contributed by atoms with Gasteiger partial charge in [0.2, 0.25) is 0 Å². The molecule has 0 aliphatic heterocycles. The van der Waals surface area contributed by atoms with Crippen molar-refractivity contribution in [3.8, 4) is 0 Å². The predicted octanol–water partition coefficient (Wildman–Crippen LogP) is 1.09. The Hall–Kier alpha value is -0.970. The molecule has 1 aromatic rings. The monoisotopic (exact) mass is 235 g/mol. The van der Waals surface area contributed by atoms with Gasteiger partial charge in [0.1, 0.15) is 0 Å². The smallest absolute Gasteiger partial charge is 0.173 e. The van der Waals surface area contributed by atoms with Crippen molar-refractivity contribution in [2.75, 3.05) is 0 Å². The molecular weight excluding hydrogens is 234 g/mol. The van der Waals surface area contributed by atoms with Crippen molar-refractivity contribution in [1.82, 2.24) is 0 Å². The molecule has 0 spiro atoms. The van der Waals surface area contributed by atoms with Crippen LogP contribution in [0, 0.1) is 11.6 Å². The zero-order valence-corrected chi connectivity index (χ0v) is 7.19. The number of carboxylic acid groups (broad SMARTS) is 1. The van der Waals surface area contributed by atoms with Crippen LogP contribution in [0.2, 0.25) is 0 Å². The summed E-state index contributed by atoms with van der Waals surface area (Å²) in [6.45, 7) is 0. The fourth-order valence-electron chi connectivity index (χ4n) is 0.684. The number of halogens is 3. The molecule has 64 valence electrons. The van der Waals surface area contributed by atoms with Crippen LogP contribution in [0.1, 0.15) is 10.4 Å². The van der Waals surface area contributed by atoms with Gasteiger partial charge in [0.05, 0.1) is 10.4 Å². The summed E-state index contributed by atoms with van der Waals surface area (Å²) >= 11 is 2.60. The van der Waals surface area contributed by atoms with Crippen molar-refractivity contribution >= 4 is 21.9 Å². The number of carbonyl (C=O) groups excluding carboxylic acids is 1. The lowest BCUT2D eigenvalue weighted by Crippen LogP contribution is -2.23. The topological polar surface area (TPSA) is 40.1 Å². The summed E-state index contributed by atoms with van der Waals surface area (Å²) in [5, 5.41) is 10.3. The Morgan fingerprint density at radius 3 is 2.50 bits per heavy atom. The van der Waals surface area contributed by atoms with E-state index in [1.54, 1.807) is 0 Å². The number of hydrogen-bond acceptors (Lipinski definition) is 2. The molecule has 2 nitrogen and oxygen atoms in total. The van der Waals surface area contributed by atoms with Crippen LogP contribution >= 0.6 is 15.9 Å². The highest BCUT2D eigenvalue weighted by molar-refractivity contribution is 9.10. The molecule has 0 radical (unpaired) electrons. The molecule has 0 N–H and O–H groups in total. The molecule has 1 aromatic carbocycles. The largest absolute Gasteiger partial charge is 0.545 e. The highest BCUT2D eigenvalue weighted by Crippen LogP contribution is 2.22. The van der Waals surface area contributed by atoms with E-state index in [1.165, 1.54) is 0 Å². The Morgan fingerprint density at radius 2 is 2.00 bits per heavy atom. The van der Waals surface area contributed by atoms with Crippen LogP contribution in [0.4, 0.5) is 8.78 Å². The lowest BCUT2D eigenvalue weighted by Gasteiger charge is -2.05. The fourth-order valence-corrected chi connectivity index (χ4v) is 1.17. The standard InChI is InChI=1S/C7H3BrF2O2/c8-5-3(7(11)12)1-2-4(9)6(5)10/h1-2H,(H,11,12)/p-1. The maximum absolute atomic E-state index is 12.6. The summed E-state index contributed by atoms with van der Waals surface area (Å²) in [4.78, 5) is 10.3. The number of carbonyl (C=O) groups is 1. The third-order valence-electron chi connectivity index (χ3n) is 1.26. The predicted molar refractivity (Wildman–Crippen MR) is 38.4 cm³/mol. The van der Waals surface area contributed by atoms with E-state index in [0.29, 0.717) is 0 Å². The summed E-state index contributed by atoms with van der Waals surface area (Å²) in [6.07, 6.45) is 0. The summed E-state index contributed by atoms with van der Waals surface area (Å²) < 4.78 is 24.6. The summed E-state index contributed by atoms with van der Waals surface area (Å²) in [5.74, 6) is -3.88. The van der Waals surface area contributed by atoms with Gasteiger partial charge in [-0.25, -0.2) is 8.78 Å². The van der Waals surface area contributed by atoms with Crippen molar-refractivity contribution in [2.24, 2.45) is 0 Å². The second kappa shape index (κ2) is 3.18. The minimum Gasteiger partial charge on any atom is -0.545 e. The van der Waals surface area contributed by atoms with E-state index in [2.05, 4.69) is 15.9 Å². The Kier molecular flexibility index (Phi) is 2.42. The molecule has 0 heterocycles. The highest BCUT2D eigenvalue weighted by atomic mass is 79.9. The first-order valence-corrected chi connectivity index (χ1v) is 3.68. The molecule has 0 bridgehead atoms. The van der Waals surface area contributed by atoms with Crippen LogP contribution in [0.5, 0.6) is 0 Å². The maximum Gasteiger partial charge on any atom is 0.173 e. The molecule has 12 heavy (non-hydrogen) atoms. The molecule has 0 amide bonds. The van der Waals surface area contributed by atoms with E-state index in [9.17, 15) is 18.7 Å². The number of hydrogen-bond donors (Lipinski definition) is 0. The van der Waals surface area contributed by atoms with Gasteiger partial charge in [0.25, 0.3) is 0 Å². The zero-order valence-electron chi connectivity index (χ0n) is 5.61. The van der Waals surface area contributed by atoms with Crippen molar-refractivity contribution in [3.63, 3.8) is 0 Å². The minimum absolute atomic E-state index is 0.408. The quantitative estimate of drug-likeness (QED) is 0.684. The van der Waals surface area contributed by atoms with Gasteiger partial charge >= 0.3 is 0 Å². The molecule has 0 atom stereocenters. The third-order valence-corrected chi connectivity index (χ3v) is 2.03. The highest BCUT2D eigenvalue weighted by Gasteiger charge is 2.10. The molecule has 0 unspecified atom stereocenters. The van der Waals surface area contributed by atoms with Crippen molar-refractivity contribution in [1.29, 1.82) is 0 Å². The second-order valence-corrected chi connectivity index (χ2v) is 2.80. The molecule has 0 fully saturated rings. The van der Waals surface area contributed by atoms with Gasteiger partial charge in [-0.2, -0.15) is 0 Å². The summed E-state index contributed by atoms with van der Waals surface area (Å²) in [6, 6.07) is 1.66. The molecule has 0 saturated carbocycles. The number of benzene rings is 1. The van der Waals surface area contributed by atoms with Gasteiger partial charge in [-0.3, -0.25) is 0 Å². The maximum atomic E-state index is 12.6. The van der Waals surface area contributed by atoms with Gasteiger partial charge in [-0.05, 0) is 28.1 Å². The van der Waals surface area contributed by atoms with Crippen LogP contribution in [0.25, 0.3) is 0 Å². The Bertz CT molecular complexity index is 338. The first kappa shape index (κ1) is 9.12. The van der Waals surface area contributed by atoms with Gasteiger partial charge in [0.15, 0.2) is 11.6 Å². The number of rotatable bonds is 1. The third kappa shape index (κ3) is 1.45. The van der Waals surface area contributed by atoms with Gasteiger partial charge in [-0.15, -0.1) is 0 Å². The van der Waals surface area contributed by atoms with Gasteiger partial charge in [0, 0.05) is 5.56 Å². The molecule has 5 heteroatoms. The SMILES string of the molecule is O=C([O-])c1ccc(F)c(F)c1Br. The van der Waals surface area contributed by atoms with E-state index in [-0.39, 0.29) is 0 Å². The van der Waals surface area contributed by atoms with Crippen LogP contribution in [-0.4, -0.2) is 5.97 Å². The lowest BCUT2D eigenvalue weighted by atomic mass is 10.2. The normalized spacial score (nSPS) is 9.92. The molecule has 0 saturated heterocycles. The first-order chi connectivity index (χ1) is 5.54. The Balaban J connectivity index is 3.36. The first-order valence-electron chi connectivity index (χ1n) is 2.89. The van der Waals surface area contributed by atoms with E-state index in [4.69, 9.17) is 0 Å². The lowest BCUT2D eigenvalue weighted by molar-refractivity contribution is -0.255. The number of aromatic carboxylic acids is 1. The van der Waals surface area contributed by atoms with E-state index < -0.39 is 27.6 Å². The Morgan fingerprint density at radius 1 is 1.42 bits per heavy atom. The average Bonchev–Trinajstić information content (AvgIpc) is 2.00. The second-order valence-electron chi connectivity index (χ2n) is 2.01.